The molecule has 6 nitrogen and oxygen atoms in total. The Hall–Kier alpha value is -2.45. The molecule has 1 saturated heterocycles. The highest BCUT2D eigenvalue weighted by atomic mass is 35.5. The smallest absolute Gasteiger partial charge is 0.150 e. The van der Waals surface area contributed by atoms with Gasteiger partial charge in [-0.3, -0.25) is 4.79 Å². The molecule has 0 radical (unpaired) electrons. The number of rotatable bonds is 10. The normalized spacial score (nSPS) is 18.3. The van der Waals surface area contributed by atoms with Crippen molar-refractivity contribution in [3.63, 3.8) is 0 Å². The van der Waals surface area contributed by atoms with Gasteiger partial charge in [-0.2, -0.15) is 0 Å². The number of carbonyl (C=O) groups is 2. The summed E-state index contributed by atoms with van der Waals surface area (Å²) < 4.78 is 19.9. The van der Waals surface area contributed by atoms with Gasteiger partial charge in [0.25, 0.3) is 0 Å². The van der Waals surface area contributed by atoms with Gasteiger partial charge in [0.05, 0.1) is 28.8 Å². The molecule has 32 heavy (non-hydrogen) atoms. The molecule has 0 spiro atoms. The fourth-order valence-electron chi connectivity index (χ4n) is 3.22. The van der Waals surface area contributed by atoms with Crippen LogP contribution in [0.1, 0.15) is 22.3 Å². The highest BCUT2D eigenvalue weighted by Crippen LogP contribution is 2.40. The topological polar surface area (TPSA) is 84.7 Å². The summed E-state index contributed by atoms with van der Waals surface area (Å²) in [6, 6.07) is 5.15. The van der Waals surface area contributed by atoms with E-state index in [4.69, 9.17) is 27.9 Å². The number of benzene rings is 1. The molecule has 1 aromatic rings. The van der Waals surface area contributed by atoms with Crippen molar-refractivity contribution in [3.05, 3.63) is 70.1 Å². The van der Waals surface area contributed by atoms with Crippen molar-refractivity contribution in [2.75, 3.05) is 39.2 Å². The highest BCUT2D eigenvalue weighted by Gasteiger charge is 2.42. The van der Waals surface area contributed by atoms with Gasteiger partial charge in [-0.05, 0) is 37.0 Å². The fourth-order valence-corrected chi connectivity index (χ4v) is 3.59. The Morgan fingerprint density at radius 1 is 1.31 bits per heavy atom. The van der Waals surface area contributed by atoms with E-state index in [0.29, 0.717) is 29.8 Å². The number of anilines is 1. The van der Waals surface area contributed by atoms with Gasteiger partial charge in [-0.15, -0.1) is 0 Å². The molecule has 1 atom stereocenters. The maximum atomic E-state index is 14.4. The summed E-state index contributed by atoms with van der Waals surface area (Å²) in [7, 11) is 3.25. The number of hydrogen-bond donors (Lipinski definition) is 2. The van der Waals surface area contributed by atoms with Crippen LogP contribution in [0.5, 0.6) is 0 Å². The first-order chi connectivity index (χ1) is 15.2. The molecule has 1 aromatic carbocycles. The maximum Gasteiger partial charge on any atom is 0.150 e. The summed E-state index contributed by atoms with van der Waals surface area (Å²) in [6.07, 6.45) is 5.36. The third-order valence-corrected chi connectivity index (χ3v) is 5.40. The first kappa shape index (κ1) is 27.6. The van der Waals surface area contributed by atoms with Crippen LogP contribution in [0.25, 0.3) is 6.08 Å². The Balaban J connectivity index is 0.00000249. The van der Waals surface area contributed by atoms with Crippen LogP contribution < -0.4 is 11.1 Å². The molecule has 0 bridgehead atoms. The van der Waals surface area contributed by atoms with Crippen LogP contribution in [0.15, 0.2) is 59.0 Å². The van der Waals surface area contributed by atoms with Crippen LogP contribution in [0, 0.1) is 0 Å². The van der Waals surface area contributed by atoms with E-state index in [1.54, 1.807) is 42.4 Å². The minimum absolute atomic E-state index is 0.00736. The van der Waals surface area contributed by atoms with Crippen molar-refractivity contribution < 1.29 is 18.7 Å². The van der Waals surface area contributed by atoms with Crippen LogP contribution in [-0.4, -0.2) is 56.9 Å². The quantitative estimate of drug-likeness (QED) is 0.377. The maximum absolute atomic E-state index is 14.4. The Morgan fingerprint density at radius 2 is 2.00 bits per heavy atom. The van der Waals surface area contributed by atoms with E-state index in [-0.39, 0.29) is 28.8 Å². The van der Waals surface area contributed by atoms with E-state index in [9.17, 15) is 14.0 Å². The first-order valence-electron chi connectivity index (χ1n) is 9.69. The van der Waals surface area contributed by atoms with Gasteiger partial charge in [0.15, 0.2) is 6.29 Å². The Morgan fingerprint density at radius 3 is 2.50 bits per heavy atom. The number of nitrogens with zero attached hydrogens (tertiary/aromatic N) is 1. The molecule has 9 heteroatoms. The van der Waals surface area contributed by atoms with E-state index < -0.39 is 11.4 Å². The van der Waals surface area contributed by atoms with Gasteiger partial charge in [0.2, 0.25) is 0 Å². The van der Waals surface area contributed by atoms with Crippen molar-refractivity contribution in [2.24, 2.45) is 5.73 Å². The molecule has 0 saturated carbocycles. The molecule has 174 valence electrons. The van der Waals surface area contributed by atoms with Gasteiger partial charge < -0.3 is 25.5 Å². The summed E-state index contributed by atoms with van der Waals surface area (Å²) in [5, 5.41) is 3.21. The monoisotopic (exact) mass is 483 g/mol. The molecular weight excluding hydrogens is 456 g/mol. The summed E-state index contributed by atoms with van der Waals surface area (Å²) in [5.41, 5.74) is 5.23. The van der Waals surface area contributed by atoms with Gasteiger partial charge in [0, 0.05) is 36.9 Å². The number of nitrogens with one attached hydrogen (secondary N) is 1. The Labute approximate surface area is 198 Å². The van der Waals surface area contributed by atoms with Gasteiger partial charge in [-0.1, -0.05) is 42.4 Å². The molecule has 2 rings (SSSR count). The second-order valence-electron chi connectivity index (χ2n) is 6.89. The van der Waals surface area contributed by atoms with Crippen molar-refractivity contribution in [3.8, 4) is 0 Å². The van der Waals surface area contributed by atoms with Crippen molar-refractivity contribution in [2.45, 2.75) is 12.0 Å². The molecular formula is C23H28Cl2FN3O3. The van der Waals surface area contributed by atoms with E-state index in [1.165, 1.54) is 7.05 Å². The van der Waals surface area contributed by atoms with Gasteiger partial charge in [-0.25, -0.2) is 4.39 Å². The molecule has 1 aliphatic heterocycles. The first-order valence-corrected chi connectivity index (χ1v) is 10.4. The van der Waals surface area contributed by atoms with Gasteiger partial charge in [0.1, 0.15) is 12.1 Å². The van der Waals surface area contributed by atoms with E-state index in [1.807, 2.05) is 0 Å². The van der Waals surface area contributed by atoms with Crippen LogP contribution in [0.2, 0.25) is 0 Å². The zero-order valence-corrected chi connectivity index (χ0v) is 19.7. The lowest BCUT2D eigenvalue weighted by molar-refractivity contribution is -0.108. The number of allylic oxidation sites excluding steroid dienone is 2. The third kappa shape index (κ3) is 7.03. The highest BCUT2D eigenvalue weighted by molar-refractivity contribution is 6.44. The largest absolute Gasteiger partial charge is 0.379 e. The Bertz CT molecular complexity index is 910. The standard InChI is InChI=1S/C22H23Cl2FN2O3.CH5N/c1-15(23)21(24)20(16(2)25)22(7-11-30-14-22)26-19-5-4-17(18(12-19)13-29)6-8-27(3)9-10-28;1-2/h4-6,8,10,12-13,26H,1-2,7,9,11,14H2,3H3;2H2,1H3/b8-6-,21-20-;. The summed E-state index contributed by atoms with van der Waals surface area (Å²) in [6.45, 7) is 7.73. The lowest BCUT2D eigenvalue weighted by Crippen LogP contribution is -2.42. The molecule has 0 aliphatic carbocycles. The third-order valence-electron chi connectivity index (χ3n) is 4.70. The molecule has 1 heterocycles. The molecule has 0 amide bonds. The predicted molar refractivity (Wildman–Crippen MR) is 130 cm³/mol. The lowest BCUT2D eigenvalue weighted by atomic mass is 9.86. The van der Waals surface area contributed by atoms with Gasteiger partial charge >= 0.3 is 0 Å². The SMILES string of the molecule is C=C(Cl)/C(Cl)=C(\C(=C)F)C1(Nc2ccc(/C=C\N(C)CC=O)c(C=O)c2)CCOC1.CN. The fraction of sp³-hybridized carbons (Fsp3) is 0.304. The van der Waals surface area contributed by atoms with Crippen LogP contribution in [0.3, 0.4) is 0 Å². The number of likely N-dealkylation sites (N-methyl/N-ethyl adjacent to an activating group) is 1. The summed E-state index contributed by atoms with van der Waals surface area (Å²) in [4.78, 5) is 23.9. The number of carbonyl (C=O) groups excluding carboxylic acids is 2. The predicted octanol–water partition coefficient (Wildman–Crippen LogP) is 4.48. The van der Waals surface area contributed by atoms with Crippen LogP contribution >= 0.6 is 23.2 Å². The average Bonchev–Trinajstić information content (AvgIpc) is 3.22. The second-order valence-corrected chi connectivity index (χ2v) is 7.73. The minimum Gasteiger partial charge on any atom is -0.379 e. The number of aldehydes is 2. The zero-order chi connectivity index (χ0) is 24.3. The molecule has 1 fully saturated rings. The molecule has 1 unspecified atom stereocenters. The number of hydrogen-bond acceptors (Lipinski definition) is 6. The Kier molecular flexibility index (Phi) is 11.4. The van der Waals surface area contributed by atoms with Crippen molar-refractivity contribution >= 4 is 47.5 Å². The van der Waals surface area contributed by atoms with Crippen LogP contribution in [-0.2, 0) is 9.53 Å². The number of nitrogens with two attached hydrogens (primary N) is 1. The summed E-state index contributed by atoms with van der Waals surface area (Å²) in [5.74, 6) is -0.742. The van der Waals surface area contributed by atoms with E-state index in [2.05, 4.69) is 24.2 Å². The molecule has 0 aromatic heterocycles. The number of ether oxygens (including phenoxy) is 1. The second kappa shape index (κ2) is 13.2. The zero-order valence-electron chi connectivity index (χ0n) is 18.2. The molecule has 3 N–H and O–H groups in total. The average molecular weight is 484 g/mol. The van der Waals surface area contributed by atoms with Crippen molar-refractivity contribution in [1.29, 1.82) is 0 Å². The summed E-state index contributed by atoms with van der Waals surface area (Å²) >= 11 is 12.2. The van der Waals surface area contributed by atoms with E-state index in [0.717, 1.165) is 12.6 Å². The van der Waals surface area contributed by atoms with Crippen molar-refractivity contribution in [1.82, 2.24) is 4.90 Å². The lowest BCUT2D eigenvalue weighted by Gasteiger charge is -2.33. The van der Waals surface area contributed by atoms with E-state index >= 15 is 0 Å². The minimum atomic E-state index is -1.01. The van der Waals surface area contributed by atoms with Crippen LogP contribution in [0.4, 0.5) is 10.1 Å². The number of halogens is 3. The molecule has 1 aliphatic rings.